The van der Waals surface area contributed by atoms with Gasteiger partial charge in [0, 0.05) is 61.5 Å². The van der Waals surface area contributed by atoms with Crippen molar-refractivity contribution < 1.29 is 9.47 Å². The Morgan fingerprint density at radius 3 is 2.34 bits per heavy atom. The van der Waals surface area contributed by atoms with Gasteiger partial charge in [0.05, 0.1) is 20.3 Å². The van der Waals surface area contributed by atoms with E-state index in [4.69, 9.17) is 9.47 Å². The van der Waals surface area contributed by atoms with E-state index >= 15 is 0 Å². The van der Waals surface area contributed by atoms with Crippen molar-refractivity contribution in [3.63, 3.8) is 0 Å². The molecule has 178 valence electrons. The lowest BCUT2D eigenvalue weighted by Gasteiger charge is -2.35. The molecule has 0 spiro atoms. The van der Waals surface area contributed by atoms with Crippen molar-refractivity contribution >= 4 is 47.0 Å². The van der Waals surface area contributed by atoms with Gasteiger partial charge in [-0.3, -0.25) is 4.99 Å². The number of benzene rings is 1. The van der Waals surface area contributed by atoms with Crippen molar-refractivity contribution in [2.45, 2.75) is 24.9 Å². The fourth-order valence-corrected chi connectivity index (χ4v) is 4.78. The van der Waals surface area contributed by atoms with E-state index in [0.717, 1.165) is 55.6 Å². The Hall–Kier alpha value is -1.72. The molecule has 1 fully saturated rings. The molecule has 1 aliphatic rings. The second-order valence-electron chi connectivity index (χ2n) is 7.92. The van der Waals surface area contributed by atoms with Crippen molar-refractivity contribution in [2.75, 3.05) is 59.9 Å². The fourth-order valence-electron chi connectivity index (χ4n) is 3.86. The first-order valence-corrected chi connectivity index (χ1v) is 11.6. The lowest BCUT2D eigenvalue weighted by molar-refractivity contribution is 0.302. The molecule has 1 aliphatic heterocycles. The smallest absolute Gasteiger partial charge is 0.191 e. The molecule has 1 atom stereocenters. The molecule has 0 amide bonds. The molecule has 7 nitrogen and oxygen atoms in total. The van der Waals surface area contributed by atoms with Gasteiger partial charge < -0.3 is 29.9 Å². The molecule has 0 saturated carbocycles. The molecule has 2 aromatic rings. The zero-order valence-electron chi connectivity index (χ0n) is 19.6. The molecule has 32 heavy (non-hydrogen) atoms. The molecule has 0 aliphatic carbocycles. The third-order valence-electron chi connectivity index (χ3n) is 5.72. The number of methoxy groups -OCH3 is 2. The van der Waals surface area contributed by atoms with Gasteiger partial charge in [-0.15, -0.1) is 35.3 Å². The van der Waals surface area contributed by atoms with E-state index in [2.05, 4.69) is 69.2 Å². The van der Waals surface area contributed by atoms with Gasteiger partial charge in [-0.2, -0.15) is 0 Å². The van der Waals surface area contributed by atoms with Crippen molar-refractivity contribution in [1.29, 1.82) is 0 Å². The molecule has 2 N–H and O–H groups in total. The number of thiophene rings is 1. The minimum absolute atomic E-state index is 0. The maximum absolute atomic E-state index is 5.42. The quantitative estimate of drug-likeness (QED) is 0.285. The van der Waals surface area contributed by atoms with Crippen molar-refractivity contribution in [3.05, 3.63) is 40.6 Å². The second-order valence-corrected chi connectivity index (χ2v) is 8.90. The van der Waals surface area contributed by atoms with Crippen LogP contribution in [-0.4, -0.2) is 71.9 Å². The normalized spacial score (nSPS) is 15.8. The predicted octanol–water partition coefficient (Wildman–Crippen LogP) is 3.82. The van der Waals surface area contributed by atoms with Crippen molar-refractivity contribution in [2.24, 2.45) is 4.99 Å². The van der Waals surface area contributed by atoms with Gasteiger partial charge in [0.25, 0.3) is 0 Å². The summed E-state index contributed by atoms with van der Waals surface area (Å²) in [6, 6.07) is 11.1. The van der Waals surface area contributed by atoms with Crippen LogP contribution in [0.4, 0.5) is 5.69 Å². The van der Waals surface area contributed by atoms with Gasteiger partial charge in [0.15, 0.2) is 5.96 Å². The van der Waals surface area contributed by atoms with E-state index in [1.165, 1.54) is 4.88 Å². The molecule has 2 heterocycles. The average molecular weight is 574 g/mol. The highest BCUT2D eigenvalue weighted by atomic mass is 127. The highest BCUT2D eigenvalue weighted by Crippen LogP contribution is 2.30. The summed E-state index contributed by atoms with van der Waals surface area (Å²) in [5.74, 6) is 2.51. The Bertz CT molecular complexity index is 817. The number of nitrogens with one attached hydrogen (secondary N) is 2. The van der Waals surface area contributed by atoms with Gasteiger partial charge in [-0.1, -0.05) is 6.07 Å². The Labute approximate surface area is 213 Å². The van der Waals surface area contributed by atoms with Gasteiger partial charge in [-0.05, 0) is 38.4 Å². The standard InChI is InChI=1S/C23H35N5O2S.HI/c1-24-23(25-16-21(27(2)3)22-7-6-12-31-22)26-17-8-10-28(11-9-17)18-13-19(29-4)15-20(14-18)30-5;/h6-7,12-15,17,21H,8-11,16H2,1-5H3,(H2,24,25,26);1H. The Morgan fingerprint density at radius 1 is 1.19 bits per heavy atom. The second kappa shape index (κ2) is 13.1. The third kappa shape index (κ3) is 7.14. The number of halogens is 1. The lowest BCUT2D eigenvalue weighted by Crippen LogP contribution is -2.49. The summed E-state index contributed by atoms with van der Waals surface area (Å²) in [6.07, 6.45) is 2.09. The molecule has 3 rings (SSSR count). The maximum Gasteiger partial charge on any atom is 0.191 e. The SMILES string of the molecule is CN=C(NCC(c1cccs1)N(C)C)NC1CCN(c2cc(OC)cc(OC)c2)CC1.I. The number of nitrogens with zero attached hydrogens (tertiary/aromatic N) is 3. The number of ether oxygens (including phenoxy) is 2. The number of anilines is 1. The van der Waals surface area contributed by atoms with Crippen LogP contribution in [0, 0.1) is 0 Å². The highest BCUT2D eigenvalue weighted by Gasteiger charge is 2.22. The number of hydrogen-bond donors (Lipinski definition) is 2. The topological polar surface area (TPSA) is 61.4 Å². The zero-order valence-corrected chi connectivity index (χ0v) is 22.8. The van der Waals surface area contributed by atoms with Gasteiger partial charge in [0.1, 0.15) is 11.5 Å². The molecule has 1 aromatic carbocycles. The number of likely N-dealkylation sites (N-methyl/N-ethyl adjacent to an activating group) is 1. The van der Waals surface area contributed by atoms with Crippen LogP contribution in [0.2, 0.25) is 0 Å². The summed E-state index contributed by atoms with van der Waals surface area (Å²) < 4.78 is 10.8. The molecule has 0 bridgehead atoms. The Kier molecular flexibility index (Phi) is 10.9. The number of hydrogen-bond acceptors (Lipinski definition) is 6. The highest BCUT2D eigenvalue weighted by molar-refractivity contribution is 14.0. The summed E-state index contributed by atoms with van der Waals surface area (Å²) in [5, 5.41) is 9.26. The summed E-state index contributed by atoms with van der Waals surface area (Å²) in [6.45, 7) is 2.76. The first-order valence-electron chi connectivity index (χ1n) is 10.7. The van der Waals surface area contributed by atoms with E-state index in [9.17, 15) is 0 Å². The Balaban J connectivity index is 0.00000363. The van der Waals surface area contributed by atoms with E-state index < -0.39 is 0 Å². The van der Waals surface area contributed by atoms with E-state index in [1.54, 1.807) is 25.6 Å². The average Bonchev–Trinajstić information content (AvgIpc) is 3.32. The van der Waals surface area contributed by atoms with Crippen LogP contribution in [-0.2, 0) is 0 Å². The van der Waals surface area contributed by atoms with Gasteiger partial charge >= 0.3 is 0 Å². The number of rotatable bonds is 8. The fraction of sp³-hybridized carbons (Fsp3) is 0.522. The van der Waals surface area contributed by atoms with Gasteiger partial charge in [0.2, 0.25) is 0 Å². The largest absolute Gasteiger partial charge is 0.497 e. The monoisotopic (exact) mass is 573 g/mol. The van der Waals surface area contributed by atoms with Gasteiger partial charge in [-0.25, -0.2) is 0 Å². The van der Waals surface area contributed by atoms with E-state index in [1.807, 2.05) is 13.1 Å². The number of guanidine groups is 1. The lowest BCUT2D eigenvalue weighted by atomic mass is 10.0. The zero-order chi connectivity index (χ0) is 22.2. The summed E-state index contributed by atoms with van der Waals surface area (Å²) in [4.78, 5) is 10.4. The van der Waals surface area contributed by atoms with E-state index in [0.29, 0.717) is 12.1 Å². The molecule has 9 heteroatoms. The number of piperidine rings is 1. The molecule has 0 radical (unpaired) electrons. The van der Waals surface area contributed by atoms with E-state index in [-0.39, 0.29) is 24.0 Å². The van der Waals surface area contributed by atoms with Crippen molar-refractivity contribution in [3.8, 4) is 11.5 Å². The van der Waals surface area contributed by atoms with Crippen LogP contribution in [0.5, 0.6) is 11.5 Å². The summed E-state index contributed by atoms with van der Waals surface area (Å²) in [7, 11) is 9.44. The minimum atomic E-state index is 0. The van der Waals surface area contributed by atoms with Crippen LogP contribution in [0.3, 0.4) is 0 Å². The summed E-state index contributed by atoms with van der Waals surface area (Å²) in [5.41, 5.74) is 1.14. The number of aliphatic imine (C=N–C) groups is 1. The molecule has 1 saturated heterocycles. The predicted molar refractivity (Wildman–Crippen MR) is 145 cm³/mol. The third-order valence-corrected chi connectivity index (χ3v) is 6.69. The van der Waals surface area contributed by atoms with Crippen LogP contribution >= 0.6 is 35.3 Å². The minimum Gasteiger partial charge on any atom is -0.497 e. The molecular formula is C23H36IN5O2S. The maximum atomic E-state index is 5.42. The van der Waals surface area contributed by atoms with Crippen LogP contribution in [0.25, 0.3) is 0 Å². The Morgan fingerprint density at radius 2 is 1.84 bits per heavy atom. The molecular weight excluding hydrogens is 537 g/mol. The molecule has 1 unspecified atom stereocenters. The van der Waals surface area contributed by atoms with Crippen molar-refractivity contribution in [1.82, 2.24) is 15.5 Å². The summed E-state index contributed by atoms with van der Waals surface area (Å²) >= 11 is 1.79. The molecule has 1 aromatic heterocycles. The first-order chi connectivity index (χ1) is 15.0. The van der Waals surface area contributed by atoms with Crippen LogP contribution in [0.15, 0.2) is 40.7 Å². The van der Waals surface area contributed by atoms with Crippen LogP contribution < -0.4 is 25.0 Å². The van der Waals surface area contributed by atoms with Crippen LogP contribution in [0.1, 0.15) is 23.8 Å². The first kappa shape index (κ1) is 26.5.